The SMILES string of the molecule is O=C(O)C1Sc2nccc3c2C1NC(=O)N3c1cccc(-c2ccccc2)c1. The highest BCUT2D eigenvalue weighted by molar-refractivity contribution is 8.00. The zero-order valence-corrected chi connectivity index (χ0v) is 15.4. The number of nitrogens with zero attached hydrogens (tertiary/aromatic N) is 2. The molecule has 3 aromatic rings. The molecule has 2 aromatic carbocycles. The molecule has 0 bridgehead atoms. The standard InChI is InChI=1S/C21H15N3O3S/c25-20(26)18-17-16-15(9-10-22-19(16)28-18)24(21(27)23-17)14-8-4-7-13(11-14)12-5-2-1-3-6-12/h1-11,17-18H,(H,23,27)(H,25,26). The lowest BCUT2D eigenvalue weighted by Gasteiger charge is -2.33. The largest absolute Gasteiger partial charge is 0.480 e. The summed E-state index contributed by atoms with van der Waals surface area (Å²) in [6, 6.07) is 18.5. The number of anilines is 2. The van der Waals surface area contributed by atoms with Gasteiger partial charge in [-0.1, -0.05) is 54.2 Å². The van der Waals surface area contributed by atoms with Gasteiger partial charge in [-0.2, -0.15) is 0 Å². The third-order valence-electron chi connectivity index (χ3n) is 4.96. The van der Waals surface area contributed by atoms with Gasteiger partial charge in [-0.15, -0.1) is 0 Å². The quantitative estimate of drug-likeness (QED) is 0.701. The van der Waals surface area contributed by atoms with Gasteiger partial charge >= 0.3 is 12.0 Å². The van der Waals surface area contributed by atoms with Crippen molar-refractivity contribution in [3.05, 3.63) is 72.4 Å². The second-order valence-corrected chi connectivity index (χ2v) is 7.73. The number of pyridine rings is 1. The van der Waals surface area contributed by atoms with Crippen LogP contribution in [0.2, 0.25) is 0 Å². The normalized spacial score (nSPS) is 19.9. The highest BCUT2D eigenvalue weighted by Gasteiger charge is 2.46. The van der Waals surface area contributed by atoms with Crippen LogP contribution in [-0.4, -0.2) is 27.3 Å². The van der Waals surface area contributed by atoms with Crippen LogP contribution in [0, 0.1) is 0 Å². The molecule has 2 aliphatic rings. The molecule has 138 valence electrons. The smallest absolute Gasteiger partial charge is 0.327 e. The zero-order valence-electron chi connectivity index (χ0n) is 14.6. The summed E-state index contributed by atoms with van der Waals surface area (Å²) in [4.78, 5) is 30.5. The summed E-state index contributed by atoms with van der Waals surface area (Å²) in [5, 5.41) is 12.3. The number of nitrogens with one attached hydrogen (secondary N) is 1. The minimum Gasteiger partial charge on any atom is -0.480 e. The third kappa shape index (κ3) is 2.55. The van der Waals surface area contributed by atoms with Crippen LogP contribution in [0.3, 0.4) is 0 Å². The maximum Gasteiger partial charge on any atom is 0.327 e. The molecule has 0 radical (unpaired) electrons. The number of carbonyl (C=O) groups is 2. The molecule has 7 heteroatoms. The molecule has 3 heterocycles. The molecular formula is C21H15N3O3S. The highest BCUT2D eigenvalue weighted by atomic mass is 32.2. The van der Waals surface area contributed by atoms with Crippen molar-refractivity contribution in [2.75, 3.05) is 4.90 Å². The molecular weight excluding hydrogens is 374 g/mol. The van der Waals surface area contributed by atoms with Crippen LogP contribution in [0.1, 0.15) is 11.6 Å². The van der Waals surface area contributed by atoms with Gasteiger partial charge in [0.25, 0.3) is 0 Å². The van der Waals surface area contributed by atoms with Crippen molar-refractivity contribution in [3.63, 3.8) is 0 Å². The van der Waals surface area contributed by atoms with Crippen molar-refractivity contribution in [2.45, 2.75) is 16.3 Å². The highest BCUT2D eigenvalue weighted by Crippen LogP contribution is 2.50. The van der Waals surface area contributed by atoms with Crippen LogP contribution in [0.15, 0.2) is 71.9 Å². The van der Waals surface area contributed by atoms with Crippen LogP contribution in [-0.2, 0) is 4.79 Å². The first kappa shape index (κ1) is 16.8. The van der Waals surface area contributed by atoms with Gasteiger partial charge in [0.05, 0.1) is 17.4 Å². The van der Waals surface area contributed by atoms with Gasteiger partial charge < -0.3 is 10.4 Å². The lowest BCUT2D eigenvalue weighted by atomic mass is 9.99. The number of hydrogen-bond acceptors (Lipinski definition) is 4. The Kier molecular flexibility index (Phi) is 3.84. The molecule has 6 nitrogen and oxygen atoms in total. The van der Waals surface area contributed by atoms with Gasteiger partial charge in [0.15, 0.2) is 0 Å². The minimum atomic E-state index is -0.959. The maximum absolute atomic E-state index is 13.0. The fourth-order valence-electron chi connectivity index (χ4n) is 3.72. The topological polar surface area (TPSA) is 82.5 Å². The number of aliphatic carboxylic acids is 1. The molecule has 0 saturated carbocycles. The van der Waals surface area contributed by atoms with E-state index >= 15 is 0 Å². The molecule has 0 spiro atoms. The molecule has 2 atom stereocenters. The Balaban J connectivity index is 1.62. The fraction of sp³-hybridized carbons (Fsp3) is 0.0952. The van der Waals surface area contributed by atoms with E-state index in [9.17, 15) is 14.7 Å². The van der Waals surface area contributed by atoms with Gasteiger partial charge in [0.1, 0.15) is 10.3 Å². The van der Waals surface area contributed by atoms with Crippen LogP contribution in [0.25, 0.3) is 11.1 Å². The van der Waals surface area contributed by atoms with Gasteiger partial charge in [0.2, 0.25) is 0 Å². The second-order valence-electron chi connectivity index (χ2n) is 6.60. The van der Waals surface area contributed by atoms with Gasteiger partial charge in [-0.05, 0) is 29.3 Å². The monoisotopic (exact) mass is 389 g/mol. The van der Waals surface area contributed by atoms with E-state index in [1.165, 1.54) is 11.8 Å². The second kappa shape index (κ2) is 6.38. The molecule has 2 N–H and O–H groups in total. The van der Waals surface area contributed by atoms with Gasteiger partial charge in [0, 0.05) is 11.8 Å². The Morgan fingerprint density at radius 2 is 1.86 bits per heavy atom. The lowest BCUT2D eigenvalue weighted by Crippen LogP contribution is -2.47. The number of urea groups is 1. The minimum absolute atomic E-state index is 0.339. The first-order valence-corrected chi connectivity index (χ1v) is 9.66. The number of amides is 2. The number of carboxylic acid groups (broad SMARTS) is 1. The number of hydrogen-bond donors (Lipinski definition) is 2. The van der Waals surface area contributed by atoms with Crippen LogP contribution >= 0.6 is 11.8 Å². The first-order chi connectivity index (χ1) is 13.6. The van der Waals surface area contributed by atoms with Crippen molar-refractivity contribution in [2.24, 2.45) is 0 Å². The Hall–Kier alpha value is -3.32. The van der Waals surface area contributed by atoms with Crippen LogP contribution in [0.5, 0.6) is 0 Å². The number of benzene rings is 2. The molecule has 0 fully saturated rings. The summed E-state index contributed by atoms with van der Waals surface area (Å²) < 4.78 is 0. The van der Waals surface area contributed by atoms with Gasteiger partial charge in [-0.25, -0.2) is 9.78 Å². The van der Waals surface area contributed by atoms with E-state index in [1.807, 2.05) is 54.6 Å². The van der Waals surface area contributed by atoms with Crippen molar-refractivity contribution in [1.29, 1.82) is 0 Å². The Labute approximate surface area is 165 Å². The molecule has 5 rings (SSSR count). The number of aromatic nitrogens is 1. The summed E-state index contributed by atoms with van der Waals surface area (Å²) in [6.07, 6.45) is 1.62. The average molecular weight is 389 g/mol. The Morgan fingerprint density at radius 1 is 1.07 bits per heavy atom. The molecule has 2 aliphatic heterocycles. The summed E-state index contributed by atoms with van der Waals surface area (Å²) in [7, 11) is 0. The summed E-state index contributed by atoms with van der Waals surface area (Å²) in [5.74, 6) is -0.959. The lowest BCUT2D eigenvalue weighted by molar-refractivity contribution is -0.136. The zero-order chi connectivity index (χ0) is 19.3. The van der Waals surface area contributed by atoms with E-state index in [0.29, 0.717) is 10.7 Å². The van der Waals surface area contributed by atoms with E-state index in [0.717, 1.165) is 22.4 Å². The van der Waals surface area contributed by atoms with Gasteiger partial charge in [-0.3, -0.25) is 9.69 Å². The summed E-state index contributed by atoms with van der Waals surface area (Å²) in [5.41, 5.74) is 4.22. The summed E-state index contributed by atoms with van der Waals surface area (Å²) >= 11 is 1.18. The number of carbonyl (C=O) groups excluding carboxylic acids is 1. The average Bonchev–Trinajstić information content (AvgIpc) is 3.09. The van der Waals surface area contributed by atoms with E-state index in [2.05, 4.69) is 10.3 Å². The predicted octanol–water partition coefficient (Wildman–Crippen LogP) is 4.21. The van der Waals surface area contributed by atoms with E-state index in [-0.39, 0.29) is 6.03 Å². The van der Waals surface area contributed by atoms with E-state index < -0.39 is 17.3 Å². The predicted molar refractivity (Wildman–Crippen MR) is 107 cm³/mol. The molecule has 0 saturated heterocycles. The first-order valence-electron chi connectivity index (χ1n) is 8.78. The van der Waals surface area contributed by atoms with E-state index in [4.69, 9.17) is 0 Å². The molecule has 1 aromatic heterocycles. The molecule has 0 aliphatic carbocycles. The van der Waals surface area contributed by atoms with Crippen molar-refractivity contribution in [3.8, 4) is 11.1 Å². The molecule has 28 heavy (non-hydrogen) atoms. The van der Waals surface area contributed by atoms with Crippen LogP contribution < -0.4 is 10.2 Å². The number of carboxylic acids is 1. The summed E-state index contributed by atoms with van der Waals surface area (Å²) in [6.45, 7) is 0. The fourth-order valence-corrected chi connectivity index (χ4v) is 4.89. The number of thioether (sulfide) groups is 1. The van der Waals surface area contributed by atoms with Crippen molar-refractivity contribution in [1.82, 2.24) is 10.3 Å². The maximum atomic E-state index is 13.0. The Bertz CT molecular complexity index is 1100. The van der Waals surface area contributed by atoms with Crippen molar-refractivity contribution < 1.29 is 14.7 Å². The number of rotatable bonds is 3. The molecule has 2 amide bonds. The van der Waals surface area contributed by atoms with Crippen LogP contribution in [0.4, 0.5) is 16.2 Å². The molecule has 2 unspecified atom stereocenters. The Morgan fingerprint density at radius 3 is 2.64 bits per heavy atom. The van der Waals surface area contributed by atoms with E-state index in [1.54, 1.807) is 17.2 Å². The van der Waals surface area contributed by atoms with Crippen molar-refractivity contribution >= 4 is 35.1 Å². The third-order valence-corrected chi connectivity index (χ3v) is 6.24.